The molecule has 2 aromatic rings. The molecule has 0 bridgehead atoms. The van der Waals surface area contributed by atoms with E-state index in [1.54, 1.807) is 12.1 Å². The van der Waals surface area contributed by atoms with Gasteiger partial charge in [0.2, 0.25) is 0 Å². The van der Waals surface area contributed by atoms with Gasteiger partial charge < -0.3 is 20.1 Å². The summed E-state index contributed by atoms with van der Waals surface area (Å²) in [4.78, 5) is 35.6. The fourth-order valence-electron chi connectivity index (χ4n) is 2.65. The zero-order chi connectivity index (χ0) is 22.7. The molecule has 0 atom stereocenters. The summed E-state index contributed by atoms with van der Waals surface area (Å²) in [5, 5.41) is 5.28. The Hall–Kier alpha value is -3.35. The van der Waals surface area contributed by atoms with Crippen LogP contribution in [0, 0.1) is 0 Å². The second kappa shape index (κ2) is 11.7. The van der Waals surface area contributed by atoms with Crippen LogP contribution in [-0.4, -0.2) is 44.1 Å². The number of esters is 1. The van der Waals surface area contributed by atoms with Crippen LogP contribution in [0.5, 0.6) is 5.75 Å². The summed E-state index contributed by atoms with van der Waals surface area (Å²) in [6.07, 6.45) is -0.0176. The van der Waals surface area contributed by atoms with E-state index < -0.39 is 11.9 Å². The third-order valence-electron chi connectivity index (χ3n) is 4.43. The number of ether oxygens (including phenoxy) is 2. The molecule has 7 heteroatoms. The van der Waals surface area contributed by atoms with E-state index in [1.807, 2.05) is 42.5 Å². The van der Waals surface area contributed by atoms with Gasteiger partial charge in [-0.3, -0.25) is 14.4 Å². The molecule has 0 aliphatic carbocycles. The fourth-order valence-corrected chi connectivity index (χ4v) is 2.65. The third kappa shape index (κ3) is 8.90. The first kappa shape index (κ1) is 23.9. The lowest BCUT2D eigenvalue weighted by Gasteiger charge is -2.19. The van der Waals surface area contributed by atoms with Crippen LogP contribution in [0.1, 0.15) is 43.1 Å². The Morgan fingerprint density at radius 2 is 1.55 bits per heavy atom. The first-order valence-corrected chi connectivity index (χ1v) is 10.2. The maximum absolute atomic E-state index is 12.2. The molecule has 0 fully saturated rings. The van der Waals surface area contributed by atoms with E-state index in [1.165, 1.54) is 0 Å². The smallest absolute Gasteiger partial charge is 0.308 e. The van der Waals surface area contributed by atoms with Gasteiger partial charge in [0.25, 0.3) is 11.8 Å². The Kier molecular flexibility index (Phi) is 9.06. The van der Waals surface area contributed by atoms with Crippen molar-refractivity contribution in [3.63, 3.8) is 0 Å². The van der Waals surface area contributed by atoms with Crippen molar-refractivity contribution in [1.29, 1.82) is 0 Å². The van der Waals surface area contributed by atoms with Gasteiger partial charge in [-0.15, -0.1) is 0 Å². The number of benzene rings is 2. The molecule has 0 aromatic heterocycles. The number of para-hydroxylation sites is 1. The van der Waals surface area contributed by atoms with Gasteiger partial charge in [0.15, 0.2) is 6.61 Å². The molecule has 0 aliphatic heterocycles. The molecular formula is C24H30N2O5. The molecule has 0 spiro atoms. The highest BCUT2D eigenvalue weighted by molar-refractivity contribution is 5.94. The van der Waals surface area contributed by atoms with Gasteiger partial charge in [0.05, 0.1) is 13.0 Å². The van der Waals surface area contributed by atoms with E-state index in [9.17, 15) is 14.4 Å². The summed E-state index contributed by atoms with van der Waals surface area (Å²) in [5.74, 6) is -0.508. The first-order chi connectivity index (χ1) is 14.8. The van der Waals surface area contributed by atoms with Crippen molar-refractivity contribution < 1.29 is 23.9 Å². The van der Waals surface area contributed by atoms with Crippen LogP contribution < -0.4 is 15.4 Å². The Morgan fingerprint density at radius 1 is 0.871 bits per heavy atom. The monoisotopic (exact) mass is 426 g/mol. The average molecular weight is 427 g/mol. The minimum absolute atomic E-state index is 0.0139. The third-order valence-corrected chi connectivity index (χ3v) is 4.43. The maximum atomic E-state index is 12.2. The van der Waals surface area contributed by atoms with Crippen molar-refractivity contribution in [2.45, 2.75) is 32.6 Å². The number of rotatable bonds is 10. The van der Waals surface area contributed by atoms with Crippen molar-refractivity contribution in [3.05, 3.63) is 65.7 Å². The Morgan fingerprint density at radius 3 is 2.19 bits per heavy atom. The lowest BCUT2D eigenvalue weighted by Crippen LogP contribution is -2.32. The molecule has 0 saturated heterocycles. The Bertz CT molecular complexity index is 858. The zero-order valence-corrected chi connectivity index (χ0v) is 18.3. The van der Waals surface area contributed by atoms with Gasteiger partial charge in [-0.05, 0) is 35.2 Å². The van der Waals surface area contributed by atoms with E-state index in [0.29, 0.717) is 18.7 Å². The zero-order valence-electron chi connectivity index (χ0n) is 18.3. The second-order valence-corrected chi connectivity index (χ2v) is 8.01. The lowest BCUT2D eigenvalue weighted by atomic mass is 9.87. The molecule has 31 heavy (non-hydrogen) atoms. The highest BCUT2D eigenvalue weighted by Crippen LogP contribution is 2.22. The molecule has 2 rings (SSSR count). The topological polar surface area (TPSA) is 93.7 Å². The molecule has 2 amide bonds. The van der Waals surface area contributed by atoms with Gasteiger partial charge in [-0.25, -0.2) is 0 Å². The van der Waals surface area contributed by atoms with Gasteiger partial charge in [-0.2, -0.15) is 0 Å². The highest BCUT2D eigenvalue weighted by Gasteiger charge is 2.14. The van der Waals surface area contributed by atoms with Crippen LogP contribution in [0.15, 0.2) is 54.6 Å². The number of amides is 2. The van der Waals surface area contributed by atoms with E-state index in [-0.39, 0.29) is 30.9 Å². The van der Waals surface area contributed by atoms with Crippen molar-refractivity contribution in [2.24, 2.45) is 0 Å². The second-order valence-electron chi connectivity index (χ2n) is 8.01. The van der Waals surface area contributed by atoms with Gasteiger partial charge in [0, 0.05) is 12.1 Å². The number of carbonyl (C=O) groups is 3. The van der Waals surface area contributed by atoms with Crippen LogP contribution in [0.2, 0.25) is 0 Å². The Labute approximate surface area is 183 Å². The summed E-state index contributed by atoms with van der Waals surface area (Å²) in [7, 11) is 0. The SMILES string of the molecule is CC(C)(C)c1ccc(C(=O)NCCC(=O)OCC(=O)NCCOc2ccccc2)cc1. The molecule has 0 unspecified atom stereocenters. The number of nitrogens with one attached hydrogen (secondary N) is 2. The fraction of sp³-hybridized carbons (Fsp3) is 0.375. The predicted octanol–water partition coefficient (Wildman–Crippen LogP) is 2.84. The Balaban J connectivity index is 1.58. The quantitative estimate of drug-likeness (QED) is 0.450. The van der Waals surface area contributed by atoms with Crippen LogP contribution >= 0.6 is 0 Å². The summed E-state index contributed by atoms with van der Waals surface area (Å²) in [6, 6.07) is 16.6. The van der Waals surface area contributed by atoms with E-state index >= 15 is 0 Å². The summed E-state index contributed by atoms with van der Waals surface area (Å²) in [5.41, 5.74) is 1.68. The maximum Gasteiger partial charge on any atom is 0.308 e. The summed E-state index contributed by atoms with van der Waals surface area (Å²) < 4.78 is 10.4. The van der Waals surface area contributed by atoms with E-state index in [0.717, 1.165) is 11.3 Å². The van der Waals surface area contributed by atoms with Crippen LogP contribution in [-0.2, 0) is 19.7 Å². The van der Waals surface area contributed by atoms with Crippen molar-refractivity contribution in [2.75, 3.05) is 26.3 Å². The van der Waals surface area contributed by atoms with Gasteiger partial charge in [-0.1, -0.05) is 51.1 Å². The number of hydrogen-bond acceptors (Lipinski definition) is 5. The highest BCUT2D eigenvalue weighted by atomic mass is 16.5. The number of hydrogen-bond donors (Lipinski definition) is 2. The number of carbonyl (C=O) groups excluding carboxylic acids is 3. The minimum atomic E-state index is -0.556. The first-order valence-electron chi connectivity index (χ1n) is 10.2. The predicted molar refractivity (Wildman–Crippen MR) is 118 cm³/mol. The molecule has 0 heterocycles. The van der Waals surface area contributed by atoms with Crippen LogP contribution in [0.25, 0.3) is 0 Å². The van der Waals surface area contributed by atoms with Crippen LogP contribution in [0.4, 0.5) is 0 Å². The van der Waals surface area contributed by atoms with E-state index in [4.69, 9.17) is 9.47 Å². The standard InChI is InChI=1S/C24H30N2O5/c1-24(2,3)19-11-9-18(10-12-19)23(29)26-14-13-22(28)31-17-21(27)25-15-16-30-20-7-5-4-6-8-20/h4-12H,13-17H2,1-3H3,(H,25,27)(H,26,29). The van der Waals surface area contributed by atoms with Crippen LogP contribution in [0.3, 0.4) is 0 Å². The van der Waals surface area contributed by atoms with Crippen molar-refractivity contribution in [3.8, 4) is 5.75 Å². The normalized spacial score (nSPS) is 10.8. The molecular weight excluding hydrogens is 396 g/mol. The molecule has 2 aromatic carbocycles. The molecule has 0 radical (unpaired) electrons. The van der Waals surface area contributed by atoms with Gasteiger partial charge >= 0.3 is 5.97 Å². The minimum Gasteiger partial charge on any atom is -0.492 e. The summed E-state index contributed by atoms with van der Waals surface area (Å²) >= 11 is 0. The lowest BCUT2D eigenvalue weighted by molar-refractivity contribution is -0.148. The molecule has 0 saturated carbocycles. The van der Waals surface area contributed by atoms with Crippen molar-refractivity contribution >= 4 is 17.8 Å². The largest absolute Gasteiger partial charge is 0.492 e. The molecule has 0 aliphatic rings. The van der Waals surface area contributed by atoms with E-state index in [2.05, 4.69) is 31.4 Å². The van der Waals surface area contributed by atoms with Gasteiger partial charge in [0.1, 0.15) is 12.4 Å². The average Bonchev–Trinajstić information content (AvgIpc) is 2.75. The summed E-state index contributed by atoms with van der Waals surface area (Å²) in [6.45, 7) is 6.69. The molecule has 166 valence electrons. The molecule has 7 nitrogen and oxygen atoms in total. The van der Waals surface area contributed by atoms with Crippen molar-refractivity contribution in [1.82, 2.24) is 10.6 Å². The molecule has 2 N–H and O–H groups in total.